The third kappa shape index (κ3) is 4.55. The van der Waals surface area contributed by atoms with Crippen LogP contribution in [0.1, 0.15) is 34.6 Å². The molecule has 20 heavy (non-hydrogen) atoms. The van der Waals surface area contributed by atoms with Crippen LogP contribution in [0.5, 0.6) is 0 Å². The van der Waals surface area contributed by atoms with E-state index in [9.17, 15) is 4.79 Å². The van der Waals surface area contributed by atoms with Gasteiger partial charge in [0.1, 0.15) is 6.10 Å². The molecular formula is C14H28O5Si. The molecule has 0 aromatic rings. The van der Waals surface area contributed by atoms with Crippen LogP contribution in [-0.2, 0) is 23.4 Å². The standard InChI is InChI=1S/C14H28O5Si/c1-13(2,3)20(6,7)18-9-11(16-10-15)12-8-17-14(4,5)19-12/h10-12H,8-9H2,1-7H3/t11-,12+/m1/s1. The quantitative estimate of drug-likeness (QED) is 0.558. The maximum atomic E-state index is 10.7. The van der Waals surface area contributed by atoms with E-state index in [1.807, 2.05) is 13.8 Å². The van der Waals surface area contributed by atoms with Gasteiger partial charge in [0.15, 0.2) is 20.2 Å². The summed E-state index contributed by atoms with van der Waals surface area (Å²) in [5, 5.41) is 0.116. The number of hydrogen-bond acceptors (Lipinski definition) is 5. The molecule has 0 aromatic heterocycles. The van der Waals surface area contributed by atoms with Crippen molar-refractivity contribution in [2.75, 3.05) is 13.2 Å². The lowest BCUT2D eigenvalue weighted by Gasteiger charge is -2.37. The molecule has 0 spiro atoms. The molecule has 1 fully saturated rings. The van der Waals surface area contributed by atoms with Crippen LogP contribution in [0.2, 0.25) is 18.1 Å². The number of carbonyl (C=O) groups is 1. The summed E-state index contributed by atoms with van der Waals surface area (Å²) in [4.78, 5) is 10.7. The molecule has 1 heterocycles. The highest BCUT2D eigenvalue weighted by atomic mass is 28.4. The molecule has 0 N–H and O–H groups in total. The van der Waals surface area contributed by atoms with Crippen LogP contribution in [0.15, 0.2) is 0 Å². The summed E-state index contributed by atoms with van der Waals surface area (Å²) in [6.07, 6.45) is -0.705. The van der Waals surface area contributed by atoms with E-state index in [2.05, 4.69) is 33.9 Å². The van der Waals surface area contributed by atoms with Crippen molar-refractivity contribution in [1.82, 2.24) is 0 Å². The minimum absolute atomic E-state index is 0.116. The first-order valence-corrected chi connectivity index (χ1v) is 9.94. The second kappa shape index (κ2) is 6.13. The van der Waals surface area contributed by atoms with Gasteiger partial charge in [-0.2, -0.15) is 0 Å². The van der Waals surface area contributed by atoms with Gasteiger partial charge >= 0.3 is 0 Å². The Morgan fingerprint density at radius 2 is 2.00 bits per heavy atom. The van der Waals surface area contributed by atoms with Gasteiger partial charge in [-0.25, -0.2) is 0 Å². The molecule has 2 atom stereocenters. The molecule has 0 bridgehead atoms. The lowest BCUT2D eigenvalue weighted by Crippen LogP contribution is -2.45. The van der Waals surface area contributed by atoms with Gasteiger partial charge in [-0.05, 0) is 32.0 Å². The fourth-order valence-electron chi connectivity index (χ4n) is 1.71. The summed E-state index contributed by atoms with van der Waals surface area (Å²) < 4.78 is 22.5. The molecule has 0 aliphatic carbocycles. The zero-order chi connectivity index (χ0) is 15.6. The minimum atomic E-state index is -1.88. The van der Waals surface area contributed by atoms with Crippen LogP contribution in [-0.4, -0.2) is 46.0 Å². The lowest BCUT2D eigenvalue weighted by atomic mass is 10.2. The molecule has 1 aliphatic heterocycles. The van der Waals surface area contributed by atoms with E-state index in [-0.39, 0.29) is 11.1 Å². The fraction of sp³-hybridized carbons (Fsp3) is 0.929. The van der Waals surface area contributed by atoms with Gasteiger partial charge in [0, 0.05) is 0 Å². The van der Waals surface area contributed by atoms with E-state index < -0.39 is 20.2 Å². The third-order valence-electron chi connectivity index (χ3n) is 4.09. The molecule has 0 saturated carbocycles. The Hall–Kier alpha value is -0.433. The molecule has 0 radical (unpaired) electrons. The van der Waals surface area contributed by atoms with Gasteiger partial charge < -0.3 is 18.6 Å². The van der Waals surface area contributed by atoms with Crippen molar-refractivity contribution in [3.63, 3.8) is 0 Å². The van der Waals surface area contributed by atoms with E-state index >= 15 is 0 Å². The lowest BCUT2D eigenvalue weighted by molar-refractivity contribution is -0.165. The molecule has 118 valence electrons. The van der Waals surface area contributed by atoms with Gasteiger partial charge in [0.05, 0.1) is 13.2 Å². The largest absolute Gasteiger partial charge is 0.459 e. The average molecular weight is 304 g/mol. The van der Waals surface area contributed by atoms with Crippen LogP contribution in [0.4, 0.5) is 0 Å². The predicted molar refractivity (Wildman–Crippen MR) is 79.0 cm³/mol. The summed E-state index contributed by atoms with van der Waals surface area (Å²) in [5.74, 6) is -0.633. The Balaban J connectivity index is 2.63. The predicted octanol–water partition coefficient (Wildman–Crippen LogP) is 2.70. The molecule has 5 nitrogen and oxygen atoms in total. The van der Waals surface area contributed by atoms with Crippen LogP contribution >= 0.6 is 0 Å². The zero-order valence-corrected chi connectivity index (χ0v) is 14.7. The van der Waals surface area contributed by atoms with Crippen molar-refractivity contribution >= 4 is 14.8 Å². The minimum Gasteiger partial charge on any atom is -0.459 e. The summed E-state index contributed by atoms with van der Waals surface area (Å²) in [6.45, 7) is 15.8. The summed E-state index contributed by atoms with van der Waals surface area (Å²) in [6, 6.07) is 0. The molecule has 0 aromatic carbocycles. The third-order valence-corrected chi connectivity index (χ3v) is 8.59. The number of carbonyl (C=O) groups excluding carboxylic acids is 1. The maximum Gasteiger partial charge on any atom is 0.293 e. The number of hydrogen-bond donors (Lipinski definition) is 0. The maximum absolute atomic E-state index is 10.7. The van der Waals surface area contributed by atoms with Crippen molar-refractivity contribution in [3.8, 4) is 0 Å². The highest BCUT2D eigenvalue weighted by Crippen LogP contribution is 2.37. The molecule has 0 amide bonds. The zero-order valence-electron chi connectivity index (χ0n) is 13.7. The van der Waals surface area contributed by atoms with E-state index in [1.54, 1.807) is 0 Å². The van der Waals surface area contributed by atoms with Gasteiger partial charge in [-0.3, -0.25) is 4.79 Å². The molecule has 6 heteroatoms. The summed E-state index contributed by atoms with van der Waals surface area (Å²) in [7, 11) is -1.88. The smallest absolute Gasteiger partial charge is 0.293 e. The van der Waals surface area contributed by atoms with Gasteiger partial charge in [-0.1, -0.05) is 20.8 Å². The Morgan fingerprint density at radius 3 is 2.40 bits per heavy atom. The van der Waals surface area contributed by atoms with Crippen molar-refractivity contribution in [1.29, 1.82) is 0 Å². The summed E-state index contributed by atoms with van der Waals surface area (Å²) in [5.41, 5.74) is 0. The summed E-state index contributed by atoms with van der Waals surface area (Å²) >= 11 is 0. The molecule has 0 unspecified atom stereocenters. The SMILES string of the molecule is CC1(C)OC[C@@H]([C@@H](CO[Si](C)(C)C(C)(C)C)OC=O)O1. The fourth-order valence-corrected chi connectivity index (χ4v) is 2.73. The van der Waals surface area contributed by atoms with Gasteiger partial charge in [-0.15, -0.1) is 0 Å². The van der Waals surface area contributed by atoms with Crippen molar-refractivity contribution in [2.24, 2.45) is 0 Å². The average Bonchev–Trinajstić information content (AvgIpc) is 2.63. The van der Waals surface area contributed by atoms with Crippen LogP contribution in [0, 0.1) is 0 Å². The highest BCUT2D eigenvalue weighted by Gasteiger charge is 2.42. The van der Waals surface area contributed by atoms with Crippen molar-refractivity contribution < 1.29 is 23.4 Å². The Morgan fingerprint density at radius 1 is 1.40 bits per heavy atom. The van der Waals surface area contributed by atoms with E-state index in [0.29, 0.717) is 19.7 Å². The van der Waals surface area contributed by atoms with Gasteiger partial charge in [0.25, 0.3) is 6.47 Å². The molecular weight excluding hydrogens is 276 g/mol. The Labute approximate surface area is 123 Å². The first-order chi connectivity index (χ1) is 8.98. The van der Waals surface area contributed by atoms with E-state index in [1.165, 1.54) is 0 Å². The van der Waals surface area contributed by atoms with E-state index in [4.69, 9.17) is 18.6 Å². The number of rotatable bonds is 6. The van der Waals surface area contributed by atoms with Crippen molar-refractivity contribution in [3.05, 3.63) is 0 Å². The molecule has 1 aliphatic rings. The second-order valence-electron chi connectivity index (χ2n) is 7.21. The van der Waals surface area contributed by atoms with E-state index in [0.717, 1.165) is 0 Å². The van der Waals surface area contributed by atoms with Crippen LogP contribution < -0.4 is 0 Å². The highest BCUT2D eigenvalue weighted by molar-refractivity contribution is 6.74. The number of ether oxygens (including phenoxy) is 3. The first kappa shape index (κ1) is 17.6. The van der Waals surface area contributed by atoms with Crippen molar-refractivity contribution in [2.45, 2.75) is 70.7 Å². The first-order valence-electron chi connectivity index (χ1n) is 7.03. The molecule has 1 rings (SSSR count). The Kier molecular flexibility index (Phi) is 5.40. The topological polar surface area (TPSA) is 54.0 Å². The molecule has 1 saturated heterocycles. The Bertz CT molecular complexity index is 335. The monoisotopic (exact) mass is 304 g/mol. The normalized spacial score (nSPS) is 24.4. The van der Waals surface area contributed by atoms with Crippen LogP contribution in [0.25, 0.3) is 0 Å². The second-order valence-corrected chi connectivity index (χ2v) is 12.0. The van der Waals surface area contributed by atoms with Gasteiger partial charge in [0.2, 0.25) is 0 Å². The van der Waals surface area contributed by atoms with Crippen LogP contribution in [0.3, 0.4) is 0 Å².